The van der Waals surface area contributed by atoms with Gasteiger partial charge in [0.05, 0.1) is 0 Å². The van der Waals surface area contributed by atoms with Gasteiger partial charge in [-0.1, -0.05) is 153 Å². The minimum atomic E-state index is -0.133. The number of rotatable bonds is 4. The molecule has 0 aliphatic heterocycles. The van der Waals surface area contributed by atoms with E-state index in [2.05, 4.69) is 207 Å². The number of hydrogen-bond acceptors (Lipinski definition) is 2. The number of benzene rings is 10. The van der Waals surface area contributed by atoms with Crippen LogP contribution < -0.4 is 4.90 Å². The van der Waals surface area contributed by atoms with Crippen LogP contribution in [-0.2, 0) is 5.41 Å². The van der Waals surface area contributed by atoms with Crippen LogP contribution in [0.2, 0.25) is 0 Å². The molecule has 11 aromatic rings. The van der Waals surface area contributed by atoms with E-state index in [0.29, 0.717) is 0 Å². The molecule has 0 radical (unpaired) electrons. The summed E-state index contributed by atoms with van der Waals surface area (Å²) in [5.41, 5.74) is 12.6. The Morgan fingerprint density at radius 1 is 0.351 bits per heavy atom. The zero-order valence-electron chi connectivity index (χ0n) is 31.8. The molecule has 57 heavy (non-hydrogen) atoms. The van der Waals surface area contributed by atoms with E-state index in [0.717, 1.165) is 39.0 Å². The van der Waals surface area contributed by atoms with Gasteiger partial charge in [-0.25, -0.2) is 0 Å². The topological polar surface area (TPSA) is 16.4 Å². The Balaban J connectivity index is 1.11. The predicted octanol–water partition coefficient (Wildman–Crippen LogP) is 15.6. The highest BCUT2D eigenvalue weighted by Gasteiger charge is 2.36. The molecule has 0 fully saturated rings. The molecule has 2 heteroatoms. The molecule has 12 rings (SSSR count). The number of nitrogens with zero attached hydrogens (tertiary/aromatic N) is 1. The van der Waals surface area contributed by atoms with Gasteiger partial charge in [0, 0.05) is 39.3 Å². The predicted molar refractivity (Wildman–Crippen MR) is 241 cm³/mol. The van der Waals surface area contributed by atoms with Crippen molar-refractivity contribution < 1.29 is 4.42 Å². The maximum atomic E-state index is 6.88. The molecule has 0 spiro atoms. The Labute approximate surface area is 330 Å². The van der Waals surface area contributed by atoms with Gasteiger partial charge in [-0.15, -0.1) is 0 Å². The maximum Gasteiger partial charge on any atom is 0.137 e. The molecule has 1 aromatic heterocycles. The van der Waals surface area contributed by atoms with Crippen LogP contribution in [0, 0.1) is 0 Å². The summed E-state index contributed by atoms with van der Waals surface area (Å²) in [4.78, 5) is 2.42. The standard InChI is InChI=1S/C55H37NO/c1-55(2)50-23-13-12-21-44(50)45-28-25-36(31-51(45)55)56(35-24-27-43-40-18-7-6-16-38(40)39-17-8-9-19-41(39)49(43)30-35)37-26-29-47-52(32-37)57-53-33-48(34-14-4-3-5-15-34)42-20-10-11-22-46(42)54(47)53/h3-33H,1-2H3. The highest BCUT2D eigenvalue weighted by atomic mass is 16.3. The number of anilines is 3. The van der Waals surface area contributed by atoms with Crippen molar-refractivity contribution in [2.75, 3.05) is 4.90 Å². The summed E-state index contributed by atoms with van der Waals surface area (Å²) in [6.45, 7) is 4.71. The van der Waals surface area contributed by atoms with E-state index in [1.165, 1.54) is 76.5 Å². The molecule has 0 unspecified atom stereocenters. The third-order valence-electron chi connectivity index (χ3n) is 12.6. The highest BCUT2D eigenvalue weighted by molar-refractivity contribution is 6.26. The fourth-order valence-electron chi connectivity index (χ4n) is 9.94. The summed E-state index contributed by atoms with van der Waals surface area (Å²) >= 11 is 0. The zero-order chi connectivity index (χ0) is 37.8. The van der Waals surface area contributed by atoms with E-state index < -0.39 is 0 Å². The monoisotopic (exact) mass is 727 g/mol. The van der Waals surface area contributed by atoms with Gasteiger partial charge in [0.25, 0.3) is 0 Å². The Morgan fingerprint density at radius 2 is 0.877 bits per heavy atom. The molecule has 0 amide bonds. The van der Waals surface area contributed by atoms with Gasteiger partial charge in [0.2, 0.25) is 0 Å². The van der Waals surface area contributed by atoms with Crippen LogP contribution in [0.5, 0.6) is 0 Å². The third-order valence-corrected chi connectivity index (χ3v) is 12.6. The second-order valence-electron chi connectivity index (χ2n) is 16.0. The van der Waals surface area contributed by atoms with Crippen molar-refractivity contribution in [2.45, 2.75) is 19.3 Å². The van der Waals surface area contributed by atoms with Gasteiger partial charge in [-0.05, 0) is 119 Å². The van der Waals surface area contributed by atoms with E-state index >= 15 is 0 Å². The van der Waals surface area contributed by atoms with Gasteiger partial charge >= 0.3 is 0 Å². The Kier molecular flexibility index (Phi) is 6.72. The van der Waals surface area contributed by atoms with Crippen LogP contribution in [-0.4, -0.2) is 0 Å². The first-order chi connectivity index (χ1) is 28.0. The minimum Gasteiger partial charge on any atom is -0.456 e. The van der Waals surface area contributed by atoms with Gasteiger partial charge in [-0.3, -0.25) is 0 Å². The lowest BCUT2D eigenvalue weighted by Gasteiger charge is -2.28. The van der Waals surface area contributed by atoms with Crippen molar-refractivity contribution >= 4 is 82.1 Å². The van der Waals surface area contributed by atoms with Gasteiger partial charge in [0.15, 0.2) is 0 Å². The second-order valence-corrected chi connectivity index (χ2v) is 16.0. The molecule has 0 N–H and O–H groups in total. The van der Waals surface area contributed by atoms with E-state index in [4.69, 9.17) is 4.42 Å². The molecule has 0 bridgehead atoms. The fourth-order valence-corrected chi connectivity index (χ4v) is 9.94. The van der Waals surface area contributed by atoms with Crippen LogP contribution in [0.25, 0.3) is 87.3 Å². The average molecular weight is 728 g/mol. The number of furan rings is 1. The first kappa shape index (κ1) is 32.1. The number of fused-ring (bicyclic) bond motifs is 14. The molecule has 0 saturated carbocycles. The van der Waals surface area contributed by atoms with Crippen LogP contribution in [0.15, 0.2) is 192 Å². The average Bonchev–Trinajstić information content (AvgIpc) is 3.75. The Morgan fingerprint density at radius 3 is 1.61 bits per heavy atom. The summed E-state index contributed by atoms with van der Waals surface area (Å²) in [6.07, 6.45) is 0. The van der Waals surface area contributed by atoms with E-state index in [1.54, 1.807) is 0 Å². The summed E-state index contributed by atoms with van der Waals surface area (Å²) in [5, 5.41) is 12.3. The van der Waals surface area contributed by atoms with Crippen molar-refractivity contribution in [3.05, 3.63) is 199 Å². The molecule has 0 atom stereocenters. The van der Waals surface area contributed by atoms with Crippen molar-refractivity contribution in [1.29, 1.82) is 0 Å². The summed E-state index contributed by atoms with van der Waals surface area (Å²) in [7, 11) is 0. The van der Waals surface area contributed by atoms with Gasteiger partial charge in [0.1, 0.15) is 11.2 Å². The SMILES string of the molecule is CC1(C)c2ccccc2-c2ccc(N(c3ccc4c(c3)oc3cc(-c5ccccc5)c5ccccc5c34)c3ccc4c5ccccc5c5ccccc5c4c3)cc21. The molecular formula is C55H37NO. The lowest BCUT2D eigenvalue weighted by Crippen LogP contribution is -2.16. The third kappa shape index (κ3) is 4.65. The van der Waals surface area contributed by atoms with Gasteiger partial charge < -0.3 is 9.32 Å². The minimum absolute atomic E-state index is 0.133. The number of hydrogen-bond donors (Lipinski definition) is 0. The molecule has 2 nitrogen and oxygen atoms in total. The summed E-state index contributed by atoms with van der Waals surface area (Å²) in [6, 6.07) is 68.9. The first-order valence-corrected chi connectivity index (χ1v) is 19.8. The summed E-state index contributed by atoms with van der Waals surface area (Å²) in [5.74, 6) is 0. The molecular weight excluding hydrogens is 691 g/mol. The Bertz CT molecular complexity index is 3410. The second kappa shape index (κ2) is 11.9. The van der Waals surface area contributed by atoms with Gasteiger partial charge in [-0.2, -0.15) is 0 Å². The molecule has 0 saturated heterocycles. The molecule has 1 heterocycles. The molecule has 10 aromatic carbocycles. The largest absolute Gasteiger partial charge is 0.456 e. The van der Waals surface area contributed by atoms with Crippen LogP contribution >= 0.6 is 0 Å². The van der Waals surface area contributed by atoms with Crippen molar-refractivity contribution in [3.63, 3.8) is 0 Å². The van der Waals surface area contributed by atoms with Crippen LogP contribution in [0.1, 0.15) is 25.0 Å². The summed E-state index contributed by atoms with van der Waals surface area (Å²) < 4.78 is 6.88. The van der Waals surface area contributed by atoms with Crippen LogP contribution in [0.4, 0.5) is 17.1 Å². The van der Waals surface area contributed by atoms with E-state index in [1.807, 2.05) is 0 Å². The van der Waals surface area contributed by atoms with Crippen molar-refractivity contribution in [3.8, 4) is 22.3 Å². The van der Waals surface area contributed by atoms with Crippen molar-refractivity contribution in [1.82, 2.24) is 0 Å². The quantitative estimate of drug-likeness (QED) is 0.168. The van der Waals surface area contributed by atoms with Crippen LogP contribution in [0.3, 0.4) is 0 Å². The maximum absolute atomic E-state index is 6.88. The highest BCUT2D eigenvalue weighted by Crippen LogP contribution is 2.51. The normalized spacial score (nSPS) is 13.2. The zero-order valence-corrected chi connectivity index (χ0v) is 31.8. The lowest BCUT2D eigenvalue weighted by atomic mass is 9.82. The molecule has 268 valence electrons. The van der Waals surface area contributed by atoms with Crippen molar-refractivity contribution in [2.24, 2.45) is 0 Å². The van der Waals surface area contributed by atoms with E-state index in [-0.39, 0.29) is 5.41 Å². The molecule has 1 aliphatic carbocycles. The lowest BCUT2D eigenvalue weighted by molar-refractivity contribution is 0.660. The first-order valence-electron chi connectivity index (χ1n) is 19.8. The molecule has 1 aliphatic rings. The van der Waals surface area contributed by atoms with E-state index in [9.17, 15) is 0 Å². The smallest absolute Gasteiger partial charge is 0.137 e. The fraction of sp³-hybridized carbons (Fsp3) is 0.0545. The Hall–Kier alpha value is -7.16.